The number of carbonyl (C=O) groups excluding carboxylic acids is 2. The summed E-state index contributed by atoms with van der Waals surface area (Å²) >= 11 is 0. The normalized spacial score (nSPS) is 12.2. The number of unbranched alkanes of at least 4 members (excludes halogenated alkanes) is 39. The minimum Gasteiger partial charge on any atom is -0.463 e. The highest BCUT2D eigenvalue weighted by atomic mass is 16.6. The van der Waals surface area contributed by atoms with Crippen LogP contribution in [0.4, 0.5) is 0 Å². The summed E-state index contributed by atoms with van der Waals surface area (Å²) in [4.78, 5) is 25.3. The van der Waals surface area contributed by atoms with Crippen molar-refractivity contribution in [2.75, 3.05) is 19.8 Å². The third-order valence-corrected chi connectivity index (χ3v) is 13.0. The number of esters is 2. The van der Waals surface area contributed by atoms with Crippen molar-refractivity contribution in [3.63, 3.8) is 0 Å². The second-order valence-electron chi connectivity index (χ2n) is 19.5. The molecule has 0 fully saturated rings. The smallest absolute Gasteiger partial charge is 0.305 e. The predicted octanol–water partition coefficient (Wildman–Crippen LogP) is 19.6. The molecule has 0 aromatic heterocycles. The van der Waals surface area contributed by atoms with Crippen molar-refractivity contribution in [2.24, 2.45) is 0 Å². The van der Waals surface area contributed by atoms with Crippen molar-refractivity contribution in [1.29, 1.82) is 0 Å². The van der Waals surface area contributed by atoms with Crippen LogP contribution in [0.1, 0.15) is 316 Å². The first-order chi connectivity index (χ1) is 31.6. The van der Waals surface area contributed by atoms with Crippen LogP contribution in [0.15, 0.2) is 24.3 Å². The van der Waals surface area contributed by atoms with Crippen molar-refractivity contribution >= 4 is 11.9 Å². The minimum absolute atomic E-state index is 0.158. The van der Waals surface area contributed by atoms with Crippen molar-refractivity contribution in [3.05, 3.63) is 24.3 Å². The summed E-state index contributed by atoms with van der Waals surface area (Å²) in [7, 11) is 0. The molecule has 0 aliphatic carbocycles. The van der Waals surface area contributed by atoms with E-state index in [1.54, 1.807) is 0 Å². The van der Waals surface area contributed by atoms with Gasteiger partial charge in [-0.15, -0.1) is 0 Å². The molecule has 64 heavy (non-hydrogen) atoms. The highest BCUT2D eigenvalue weighted by molar-refractivity contribution is 5.69. The van der Waals surface area contributed by atoms with Gasteiger partial charge in [0.15, 0.2) is 0 Å². The van der Waals surface area contributed by atoms with Crippen molar-refractivity contribution in [1.82, 2.24) is 0 Å². The van der Waals surface area contributed by atoms with E-state index in [-0.39, 0.29) is 25.2 Å². The van der Waals surface area contributed by atoms with Gasteiger partial charge in [-0.25, -0.2) is 0 Å². The van der Waals surface area contributed by atoms with E-state index >= 15 is 0 Å². The fraction of sp³-hybridized carbons (Fsp3) is 0.898. The van der Waals surface area contributed by atoms with Crippen LogP contribution in [0.25, 0.3) is 0 Å². The largest absolute Gasteiger partial charge is 0.463 e. The van der Waals surface area contributed by atoms with Gasteiger partial charge in [0.05, 0.1) is 0 Å². The van der Waals surface area contributed by atoms with E-state index < -0.39 is 6.10 Å². The highest BCUT2D eigenvalue weighted by Crippen LogP contribution is 2.17. The molecular weight excluding hydrogens is 789 g/mol. The van der Waals surface area contributed by atoms with Gasteiger partial charge in [0.1, 0.15) is 19.3 Å². The van der Waals surface area contributed by atoms with Gasteiger partial charge in [0, 0.05) is 19.4 Å². The molecule has 0 aliphatic rings. The van der Waals surface area contributed by atoms with Crippen LogP contribution in [0.5, 0.6) is 0 Å². The molecule has 5 heteroatoms. The molecule has 0 amide bonds. The van der Waals surface area contributed by atoms with E-state index in [1.165, 1.54) is 238 Å². The van der Waals surface area contributed by atoms with E-state index in [0.717, 1.165) is 44.9 Å². The van der Waals surface area contributed by atoms with Crippen LogP contribution >= 0.6 is 0 Å². The lowest BCUT2D eigenvalue weighted by molar-refractivity contribution is -0.155. The Kier molecular flexibility index (Phi) is 54.3. The maximum Gasteiger partial charge on any atom is 0.305 e. The quantitative estimate of drug-likeness (QED) is 0.0346. The fourth-order valence-electron chi connectivity index (χ4n) is 8.64. The molecule has 1 atom stereocenters. The van der Waals surface area contributed by atoms with Crippen LogP contribution in [-0.4, -0.2) is 37.9 Å². The lowest BCUT2D eigenvalue weighted by Crippen LogP contribution is -2.29. The molecule has 378 valence electrons. The van der Waals surface area contributed by atoms with Gasteiger partial charge in [-0.05, 0) is 51.4 Å². The van der Waals surface area contributed by atoms with Crippen LogP contribution in [-0.2, 0) is 23.8 Å². The Morgan fingerprint density at radius 1 is 0.328 bits per heavy atom. The first-order valence-electron chi connectivity index (χ1n) is 28.9. The maximum atomic E-state index is 12.7. The second-order valence-corrected chi connectivity index (χ2v) is 19.5. The average molecular weight is 902 g/mol. The zero-order valence-corrected chi connectivity index (χ0v) is 43.6. The van der Waals surface area contributed by atoms with Crippen LogP contribution in [0.2, 0.25) is 0 Å². The fourth-order valence-corrected chi connectivity index (χ4v) is 8.64. The lowest BCUT2D eigenvalue weighted by Gasteiger charge is -2.18. The second kappa shape index (κ2) is 55.7. The summed E-state index contributed by atoms with van der Waals surface area (Å²) in [6, 6.07) is 0. The van der Waals surface area contributed by atoms with Gasteiger partial charge in [-0.3, -0.25) is 9.59 Å². The Hall–Kier alpha value is -1.62. The average Bonchev–Trinajstić information content (AvgIpc) is 3.30. The van der Waals surface area contributed by atoms with Gasteiger partial charge < -0.3 is 14.2 Å². The van der Waals surface area contributed by atoms with Crippen LogP contribution in [0, 0.1) is 0 Å². The van der Waals surface area contributed by atoms with E-state index in [0.29, 0.717) is 19.4 Å². The molecule has 0 aliphatic heterocycles. The van der Waals surface area contributed by atoms with Crippen molar-refractivity contribution in [2.45, 2.75) is 322 Å². The summed E-state index contributed by atoms with van der Waals surface area (Å²) in [5.41, 5.74) is 0. The van der Waals surface area contributed by atoms with Crippen LogP contribution < -0.4 is 0 Å². The van der Waals surface area contributed by atoms with Crippen molar-refractivity contribution < 1.29 is 23.8 Å². The summed E-state index contributed by atoms with van der Waals surface area (Å²) in [5.74, 6) is -0.322. The Labute approximate surface area is 400 Å². The summed E-state index contributed by atoms with van der Waals surface area (Å²) in [6.07, 6.45) is 66.4. The molecule has 0 spiro atoms. The topological polar surface area (TPSA) is 61.8 Å². The Morgan fingerprint density at radius 3 is 0.938 bits per heavy atom. The van der Waals surface area contributed by atoms with E-state index in [1.807, 2.05) is 0 Å². The number of rotatable bonds is 54. The highest BCUT2D eigenvalue weighted by Gasteiger charge is 2.16. The summed E-state index contributed by atoms with van der Waals surface area (Å²) < 4.78 is 17.5. The molecule has 0 N–H and O–H groups in total. The summed E-state index contributed by atoms with van der Waals surface area (Å²) in [6.45, 7) is 7.77. The maximum absolute atomic E-state index is 12.7. The SMILES string of the molecule is CCCCC/C=C\C/C=C\CCCCCCCCCC(=O)OC[C@H](COC(=O)CCCCCCCCCCCCCCCCC)OCCCCCCCCCCCCCCCCCC. The number of hydrogen-bond acceptors (Lipinski definition) is 5. The van der Waals surface area contributed by atoms with Gasteiger partial charge in [0.25, 0.3) is 0 Å². The zero-order valence-electron chi connectivity index (χ0n) is 43.6. The molecule has 0 bridgehead atoms. The molecule has 0 saturated heterocycles. The molecule has 0 unspecified atom stereocenters. The molecule has 0 radical (unpaired) electrons. The zero-order chi connectivity index (χ0) is 46.3. The predicted molar refractivity (Wildman–Crippen MR) is 279 cm³/mol. The Bertz CT molecular complexity index is 974. The molecule has 0 aromatic carbocycles. The van der Waals surface area contributed by atoms with E-state index in [2.05, 4.69) is 45.1 Å². The number of hydrogen-bond donors (Lipinski definition) is 0. The first-order valence-corrected chi connectivity index (χ1v) is 28.9. The minimum atomic E-state index is -0.396. The monoisotopic (exact) mass is 901 g/mol. The van der Waals surface area contributed by atoms with Gasteiger partial charge >= 0.3 is 11.9 Å². The Morgan fingerprint density at radius 2 is 0.594 bits per heavy atom. The lowest BCUT2D eigenvalue weighted by atomic mass is 10.0. The standard InChI is InChI=1S/C59H112O5/c1-4-7-10-13-16-19-22-25-28-30-32-35-38-41-44-47-50-53-59(61)64-56-57(62-54-51-48-45-42-39-36-33-29-26-23-20-17-14-11-8-5-2)55-63-58(60)52-49-46-43-40-37-34-31-27-24-21-18-15-12-9-6-3/h16,19,25,28,57H,4-15,17-18,20-24,26-27,29-56H2,1-3H3/b19-16-,28-25-/t57-/m0/s1. The van der Waals surface area contributed by atoms with Gasteiger partial charge in [-0.2, -0.15) is 0 Å². The van der Waals surface area contributed by atoms with Crippen molar-refractivity contribution in [3.8, 4) is 0 Å². The number of allylic oxidation sites excluding steroid dienone is 4. The number of ether oxygens (including phenoxy) is 3. The summed E-state index contributed by atoms with van der Waals surface area (Å²) in [5, 5.41) is 0. The molecular formula is C59H112O5. The number of carbonyl (C=O) groups is 2. The molecule has 0 saturated carbocycles. The third kappa shape index (κ3) is 53.0. The Balaban J connectivity index is 4.22. The van der Waals surface area contributed by atoms with Crippen LogP contribution in [0.3, 0.4) is 0 Å². The first kappa shape index (κ1) is 62.4. The van der Waals surface area contributed by atoms with E-state index in [9.17, 15) is 9.59 Å². The molecule has 0 rings (SSSR count). The molecule has 0 aromatic rings. The molecule has 0 heterocycles. The molecule has 5 nitrogen and oxygen atoms in total. The van der Waals surface area contributed by atoms with E-state index in [4.69, 9.17) is 14.2 Å². The van der Waals surface area contributed by atoms with Gasteiger partial charge in [-0.1, -0.05) is 276 Å². The third-order valence-electron chi connectivity index (χ3n) is 13.0. The van der Waals surface area contributed by atoms with Gasteiger partial charge in [0.2, 0.25) is 0 Å².